The van der Waals surface area contributed by atoms with E-state index in [4.69, 9.17) is 0 Å². The molecule has 0 radical (unpaired) electrons. The summed E-state index contributed by atoms with van der Waals surface area (Å²) in [5.74, 6) is 0. The number of nitrogens with zero attached hydrogens (tertiary/aromatic N) is 1. The SMILES string of the molecule is C1=Nc2cccc3cccc1c23. The molecule has 0 aromatic heterocycles. The molecule has 0 fully saturated rings. The van der Waals surface area contributed by atoms with Gasteiger partial charge in [-0.1, -0.05) is 30.3 Å². The summed E-state index contributed by atoms with van der Waals surface area (Å²) in [5, 5.41) is 2.57. The maximum Gasteiger partial charge on any atom is 0.0714 e. The number of aliphatic imine (C=N–C) groups is 1. The van der Waals surface area contributed by atoms with E-state index in [1.165, 1.54) is 16.3 Å². The van der Waals surface area contributed by atoms with E-state index in [0.29, 0.717) is 0 Å². The Balaban J connectivity index is 2.64. The number of rotatable bonds is 0. The minimum absolute atomic E-state index is 1.10. The molecule has 1 aliphatic rings. The third kappa shape index (κ3) is 0.607. The average Bonchev–Trinajstić information content (AvgIpc) is 2.52. The molecule has 1 heteroatoms. The van der Waals surface area contributed by atoms with E-state index in [1.54, 1.807) is 0 Å². The molecule has 3 rings (SSSR count). The van der Waals surface area contributed by atoms with Gasteiger partial charge < -0.3 is 0 Å². The van der Waals surface area contributed by atoms with Gasteiger partial charge in [0.1, 0.15) is 0 Å². The van der Waals surface area contributed by atoms with E-state index in [2.05, 4.69) is 35.3 Å². The van der Waals surface area contributed by atoms with Crippen LogP contribution in [0.2, 0.25) is 0 Å². The molecule has 0 saturated carbocycles. The van der Waals surface area contributed by atoms with Crippen molar-refractivity contribution in [3.05, 3.63) is 42.0 Å². The first-order valence-corrected chi connectivity index (χ1v) is 4.01. The average molecular weight is 153 g/mol. The van der Waals surface area contributed by atoms with Crippen LogP contribution in [0.1, 0.15) is 5.56 Å². The van der Waals surface area contributed by atoms with Gasteiger partial charge in [0.2, 0.25) is 0 Å². The van der Waals surface area contributed by atoms with Gasteiger partial charge in [-0.2, -0.15) is 0 Å². The van der Waals surface area contributed by atoms with Crippen LogP contribution in [-0.2, 0) is 0 Å². The highest BCUT2D eigenvalue weighted by atomic mass is 14.7. The van der Waals surface area contributed by atoms with Crippen LogP contribution in [0, 0.1) is 0 Å². The zero-order valence-corrected chi connectivity index (χ0v) is 6.49. The van der Waals surface area contributed by atoms with Crippen LogP contribution in [0.3, 0.4) is 0 Å². The highest BCUT2D eigenvalue weighted by molar-refractivity contribution is 6.10. The number of benzene rings is 2. The molecule has 12 heavy (non-hydrogen) atoms. The first kappa shape index (κ1) is 5.95. The summed E-state index contributed by atoms with van der Waals surface area (Å²) in [7, 11) is 0. The van der Waals surface area contributed by atoms with Crippen LogP contribution >= 0.6 is 0 Å². The molecule has 0 amide bonds. The topological polar surface area (TPSA) is 12.4 Å². The van der Waals surface area contributed by atoms with Crippen molar-refractivity contribution in [1.82, 2.24) is 0 Å². The molecule has 0 saturated heterocycles. The summed E-state index contributed by atoms with van der Waals surface area (Å²) in [5.41, 5.74) is 2.34. The van der Waals surface area contributed by atoms with E-state index >= 15 is 0 Å². The molecule has 0 bridgehead atoms. The van der Waals surface area contributed by atoms with E-state index in [1.807, 2.05) is 12.3 Å². The van der Waals surface area contributed by atoms with Gasteiger partial charge >= 0.3 is 0 Å². The quantitative estimate of drug-likeness (QED) is 0.471. The Labute approximate surface area is 70.4 Å². The Hall–Kier alpha value is -1.63. The fourth-order valence-electron chi connectivity index (χ4n) is 1.70. The molecule has 56 valence electrons. The Morgan fingerprint density at radius 1 is 0.917 bits per heavy atom. The fourth-order valence-corrected chi connectivity index (χ4v) is 1.70. The minimum Gasteiger partial charge on any atom is -0.256 e. The molecule has 1 nitrogen and oxygen atoms in total. The molecule has 0 atom stereocenters. The highest BCUT2D eigenvalue weighted by Gasteiger charge is 2.07. The number of hydrogen-bond donors (Lipinski definition) is 0. The Bertz CT molecular complexity index is 443. The van der Waals surface area contributed by atoms with Crippen molar-refractivity contribution < 1.29 is 0 Å². The van der Waals surface area contributed by atoms with Crippen molar-refractivity contribution in [1.29, 1.82) is 0 Å². The molecule has 0 unspecified atom stereocenters. The van der Waals surface area contributed by atoms with Crippen LogP contribution in [0.15, 0.2) is 41.4 Å². The van der Waals surface area contributed by atoms with Crippen LogP contribution in [0.25, 0.3) is 10.8 Å². The molecule has 0 spiro atoms. The molecular weight excluding hydrogens is 146 g/mol. The molecule has 2 aromatic carbocycles. The lowest BCUT2D eigenvalue weighted by Gasteiger charge is -1.97. The van der Waals surface area contributed by atoms with Gasteiger partial charge in [0, 0.05) is 17.2 Å². The van der Waals surface area contributed by atoms with Crippen LogP contribution in [0.5, 0.6) is 0 Å². The third-order valence-corrected chi connectivity index (χ3v) is 2.26. The monoisotopic (exact) mass is 153 g/mol. The summed E-state index contributed by atoms with van der Waals surface area (Å²) < 4.78 is 0. The smallest absolute Gasteiger partial charge is 0.0714 e. The maximum atomic E-state index is 4.32. The molecule has 0 aliphatic carbocycles. The molecular formula is C11H7N. The predicted molar refractivity (Wildman–Crippen MR) is 51.2 cm³/mol. The Kier molecular flexibility index (Phi) is 0.965. The molecule has 1 heterocycles. The normalized spacial score (nSPS) is 12.7. The van der Waals surface area contributed by atoms with Gasteiger partial charge in [0.05, 0.1) is 5.69 Å². The lowest BCUT2D eigenvalue weighted by molar-refractivity contribution is 1.63. The first-order valence-electron chi connectivity index (χ1n) is 4.01. The largest absolute Gasteiger partial charge is 0.256 e. The van der Waals surface area contributed by atoms with Gasteiger partial charge in [0.15, 0.2) is 0 Å². The first-order chi connectivity index (χ1) is 5.95. The van der Waals surface area contributed by atoms with Gasteiger partial charge in [-0.3, -0.25) is 4.99 Å². The van der Waals surface area contributed by atoms with Crippen molar-refractivity contribution in [3.8, 4) is 0 Å². The summed E-state index contributed by atoms with van der Waals surface area (Å²) >= 11 is 0. The minimum atomic E-state index is 1.10. The van der Waals surface area contributed by atoms with Crippen molar-refractivity contribution in [2.24, 2.45) is 4.99 Å². The van der Waals surface area contributed by atoms with Crippen LogP contribution in [-0.4, -0.2) is 6.21 Å². The second-order valence-electron chi connectivity index (χ2n) is 2.98. The predicted octanol–water partition coefficient (Wildman–Crippen LogP) is 2.90. The van der Waals surface area contributed by atoms with Gasteiger partial charge in [0.25, 0.3) is 0 Å². The zero-order valence-electron chi connectivity index (χ0n) is 6.49. The van der Waals surface area contributed by atoms with Crippen LogP contribution in [0.4, 0.5) is 5.69 Å². The standard InChI is InChI=1S/C11H7N/c1-3-8-4-2-6-10-11(8)9(5-1)7-12-10/h1-7H. The van der Waals surface area contributed by atoms with E-state index in [0.717, 1.165) is 5.69 Å². The van der Waals surface area contributed by atoms with E-state index in [-0.39, 0.29) is 0 Å². The van der Waals surface area contributed by atoms with Gasteiger partial charge in [-0.15, -0.1) is 0 Å². The maximum absolute atomic E-state index is 4.32. The molecule has 2 aromatic rings. The van der Waals surface area contributed by atoms with Crippen LogP contribution < -0.4 is 0 Å². The second-order valence-corrected chi connectivity index (χ2v) is 2.98. The Morgan fingerprint density at radius 3 is 2.67 bits per heavy atom. The number of hydrogen-bond acceptors (Lipinski definition) is 1. The van der Waals surface area contributed by atoms with Gasteiger partial charge in [-0.05, 0) is 11.5 Å². The zero-order chi connectivity index (χ0) is 7.97. The van der Waals surface area contributed by atoms with Crippen molar-refractivity contribution in [2.45, 2.75) is 0 Å². The summed E-state index contributed by atoms with van der Waals surface area (Å²) in [4.78, 5) is 4.32. The van der Waals surface area contributed by atoms with Crippen molar-refractivity contribution in [3.63, 3.8) is 0 Å². The highest BCUT2D eigenvalue weighted by Crippen LogP contribution is 2.32. The van der Waals surface area contributed by atoms with Gasteiger partial charge in [-0.25, -0.2) is 0 Å². The Morgan fingerprint density at radius 2 is 1.75 bits per heavy atom. The van der Waals surface area contributed by atoms with Crippen molar-refractivity contribution >= 4 is 22.7 Å². The third-order valence-electron chi connectivity index (χ3n) is 2.26. The fraction of sp³-hybridized carbons (Fsp3) is 0. The lowest BCUT2D eigenvalue weighted by Crippen LogP contribution is -1.76. The van der Waals surface area contributed by atoms with E-state index < -0.39 is 0 Å². The molecule has 1 aliphatic heterocycles. The van der Waals surface area contributed by atoms with Crippen molar-refractivity contribution in [2.75, 3.05) is 0 Å². The lowest BCUT2D eigenvalue weighted by atomic mass is 10.1. The van der Waals surface area contributed by atoms with E-state index in [9.17, 15) is 0 Å². The second kappa shape index (κ2) is 1.95. The summed E-state index contributed by atoms with van der Waals surface area (Å²) in [6.45, 7) is 0. The summed E-state index contributed by atoms with van der Waals surface area (Å²) in [6, 6.07) is 12.5. The summed E-state index contributed by atoms with van der Waals surface area (Å²) in [6.07, 6.45) is 1.93. The molecule has 0 N–H and O–H groups in total.